The molecular weight excluding hydrogens is 511 g/mol. The van der Waals surface area contributed by atoms with Gasteiger partial charge in [-0.3, -0.25) is 19.3 Å². The molecule has 0 spiro atoms. The molecule has 3 heterocycles. The van der Waals surface area contributed by atoms with Crippen LogP contribution < -0.4 is 16.2 Å². The molecule has 0 bridgehead atoms. The number of amides is 2. The number of carbonyl (C=O) groups is 2. The molecule has 7 nitrogen and oxygen atoms in total. The SMILES string of the molecule is Cn1c(=O)c(C=C2SC(=S)N(Cc3ccc(F)cc3)C2=O)c(N2CCC(C(N)=O)CC2)c2ccccc21. The molecule has 190 valence electrons. The first-order valence-electron chi connectivity index (χ1n) is 11.9. The Kier molecular flexibility index (Phi) is 6.87. The number of nitrogens with zero attached hydrogens (tertiary/aromatic N) is 3. The van der Waals surface area contributed by atoms with Crippen molar-refractivity contribution in [3.05, 3.63) is 80.7 Å². The molecule has 0 atom stereocenters. The second kappa shape index (κ2) is 10.1. The molecule has 2 N–H and O–H groups in total. The Hall–Kier alpha value is -3.50. The Balaban J connectivity index is 1.56. The molecule has 37 heavy (non-hydrogen) atoms. The Morgan fingerprint density at radius 2 is 1.81 bits per heavy atom. The number of piperidine rings is 1. The fourth-order valence-corrected chi connectivity index (χ4v) is 6.14. The normalized spacial score (nSPS) is 17.8. The highest BCUT2D eigenvalue weighted by molar-refractivity contribution is 8.26. The van der Waals surface area contributed by atoms with Gasteiger partial charge < -0.3 is 15.2 Å². The van der Waals surface area contributed by atoms with Crippen molar-refractivity contribution in [2.75, 3.05) is 18.0 Å². The van der Waals surface area contributed by atoms with Gasteiger partial charge in [0.2, 0.25) is 5.91 Å². The van der Waals surface area contributed by atoms with Gasteiger partial charge >= 0.3 is 0 Å². The van der Waals surface area contributed by atoms with Crippen LogP contribution in [0.4, 0.5) is 10.1 Å². The number of aromatic nitrogens is 1. The molecule has 0 aliphatic carbocycles. The van der Waals surface area contributed by atoms with Gasteiger partial charge in [0.1, 0.15) is 10.1 Å². The second-order valence-corrected chi connectivity index (χ2v) is 10.9. The van der Waals surface area contributed by atoms with Gasteiger partial charge in [-0.25, -0.2) is 4.39 Å². The van der Waals surface area contributed by atoms with Gasteiger partial charge in [-0.1, -0.05) is 54.3 Å². The second-order valence-electron chi connectivity index (χ2n) is 9.20. The van der Waals surface area contributed by atoms with E-state index >= 15 is 0 Å². The van der Waals surface area contributed by atoms with E-state index in [-0.39, 0.29) is 35.7 Å². The van der Waals surface area contributed by atoms with Crippen molar-refractivity contribution >= 4 is 62.8 Å². The van der Waals surface area contributed by atoms with Gasteiger partial charge in [0, 0.05) is 31.4 Å². The van der Waals surface area contributed by atoms with E-state index in [2.05, 4.69) is 4.90 Å². The van der Waals surface area contributed by atoms with E-state index in [9.17, 15) is 18.8 Å². The Bertz CT molecular complexity index is 1510. The van der Waals surface area contributed by atoms with Gasteiger partial charge in [-0.05, 0) is 42.7 Å². The number of hydrogen-bond donors (Lipinski definition) is 1. The Labute approximate surface area is 222 Å². The van der Waals surface area contributed by atoms with Crippen molar-refractivity contribution in [3.63, 3.8) is 0 Å². The summed E-state index contributed by atoms with van der Waals surface area (Å²) in [6.07, 6.45) is 2.82. The number of thioether (sulfide) groups is 1. The smallest absolute Gasteiger partial charge is 0.266 e. The molecule has 3 aromatic rings. The molecule has 2 aromatic carbocycles. The van der Waals surface area contributed by atoms with Crippen molar-refractivity contribution in [2.24, 2.45) is 18.7 Å². The number of benzene rings is 2. The summed E-state index contributed by atoms with van der Waals surface area (Å²) in [5.74, 6) is -1.15. The van der Waals surface area contributed by atoms with Crippen LogP contribution in [0.2, 0.25) is 0 Å². The fraction of sp³-hybridized carbons (Fsp3) is 0.259. The van der Waals surface area contributed by atoms with Gasteiger partial charge in [0.25, 0.3) is 11.5 Å². The third-order valence-corrected chi connectivity index (χ3v) is 8.30. The van der Waals surface area contributed by atoms with Crippen molar-refractivity contribution in [2.45, 2.75) is 19.4 Å². The number of primary amides is 1. The first-order valence-corrected chi connectivity index (χ1v) is 13.1. The minimum absolute atomic E-state index is 0.194. The summed E-state index contributed by atoms with van der Waals surface area (Å²) >= 11 is 6.63. The Morgan fingerprint density at radius 3 is 2.49 bits per heavy atom. The Morgan fingerprint density at radius 1 is 1.14 bits per heavy atom. The average Bonchev–Trinajstić information content (AvgIpc) is 3.16. The number of halogens is 1. The summed E-state index contributed by atoms with van der Waals surface area (Å²) in [6.45, 7) is 1.35. The molecule has 10 heteroatoms. The number of anilines is 1. The van der Waals surface area contributed by atoms with E-state index in [1.54, 1.807) is 29.8 Å². The summed E-state index contributed by atoms with van der Waals surface area (Å²) in [5.41, 5.74) is 7.98. The zero-order valence-corrected chi connectivity index (χ0v) is 21.8. The van der Waals surface area contributed by atoms with E-state index in [0.29, 0.717) is 40.7 Å². The third kappa shape index (κ3) is 4.78. The van der Waals surface area contributed by atoms with Crippen molar-refractivity contribution in [1.82, 2.24) is 9.47 Å². The quantitative estimate of drug-likeness (QED) is 0.395. The van der Waals surface area contributed by atoms with Crippen LogP contribution in [0, 0.1) is 11.7 Å². The summed E-state index contributed by atoms with van der Waals surface area (Å²) in [5, 5.41) is 0.884. The molecule has 0 radical (unpaired) electrons. The number of rotatable bonds is 5. The van der Waals surface area contributed by atoms with Crippen LogP contribution in [-0.4, -0.2) is 38.7 Å². The highest BCUT2D eigenvalue weighted by Crippen LogP contribution is 2.37. The number of carbonyl (C=O) groups excluding carboxylic acids is 2. The van der Waals surface area contributed by atoms with Gasteiger partial charge in [-0.15, -0.1) is 0 Å². The maximum Gasteiger partial charge on any atom is 0.266 e. The highest BCUT2D eigenvalue weighted by atomic mass is 32.2. The molecule has 5 rings (SSSR count). The largest absolute Gasteiger partial charge is 0.370 e. The molecular formula is C27H25FN4O3S2. The molecule has 2 saturated heterocycles. The lowest BCUT2D eigenvalue weighted by molar-refractivity contribution is -0.123. The van der Waals surface area contributed by atoms with Gasteiger partial charge in [0.05, 0.1) is 28.2 Å². The minimum Gasteiger partial charge on any atom is -0.370 e. The molecule has 0 unspecified atom stereocenters. The highest BCUT2D eigenvalue weighted by Gasteiger charge is 2.33. The first-order chi connectivity index (χ1) is 17.7. The van der Waals surface area contributed by atoms with Crippen LogP contribution in [0.5, 0.6) is 0 Å². The predicted octanol–water partition coefficient (Wildman–Crippen LogP) is 3.78. The zero-order chi connectivity index (χ0) is 26.3. The van der Waals surface area contributed by atoms with Crippen LogP contribution in [0.25, 0.3) is 17.0 Å². The number of fused-ring (bicyclic) bond motifs is 1. The van der Waals surface area contributed by atoms with E-state index in [0.717, 1.165) is 33.9 Å². The molecule has 1 aromatic heterocycles. The van der Waals surface area contributed by atoms with Crippen molar-refractivity contribution in [3.8, 4) is 0 Å². The van der Waals surface area contributed by atoms with E-state index < -0.39 is 0 Å². The van der Waals surface area contributed by atoms with Crippen LogP contribution in [0.3, 0.4) is 0 Å². The lowest BCUT2D eigenvalue weighted by Crippen LogP contribution is -2.40. The summed E-state index contributed by atoms with van der Waals surface area (Å²) in [6, 6.07) is 13.6. The zero-order valence-electron chi connectivity index (χ0n) is 20.1. The number of hydrogen-bond acceptors (Lipinski definition) is 6. The van der Waals surface area contributed by atoms with E-state index in [1.165, 1.54) is 17.0 Å². The number of thiocarbonyl (C=S) groups is 1. The van der Waals surface area contributed by atoms with Crippen LogP contribution >= 0.6 is 24.0 Å². The molecule has 2 fully saturated rings. The number of para-hydroxylation sites is 1. The predicted molar refractivity (Wildman–Crippen MR) is 148 cm³/mol. The molecule has 2 amide bonds. The lowest BCUT2D eigenvalue weighted by atomic mass is 9.94. The van der Waals surface area contributed by atoms with Crippen molar-refractivity contribution < 1.29 is 14.0 Å². The lowest BCUT2D eigenvalue weighted by Gasteiger charge is -2.34. The van der Waals surface area contributed by atoms with Crippen LogP contribution in [0.1, 0.15) is 24.0 Å². The number of pyridine rings is 1. The van der Waals surface area contributed by atoms with Crippen LogP contribution in [0.15, 0.2) is 58.2 Å². The van der Waals surface area contributed by atoms with Gasteiger partial charge in [0.15, 0.2) is 0 Å². The van der Waals surface area contributed by atoms with E-state index in [1.807, 2.05) is 24.3 Å². The van der Waals surface area contributed by atoms with Crippen molar-refractivity contribution in [1.29, 1.82) is 0 Å². The molecule has 0 saturated carbocycles. The topological polar surface area (TPSA) is 88.6 Å². The summed E-state index contributed by atoms with van der Waals surface area (Å²) in [4.78, 5) is 42.6. The summed E-state index contributed by atoms with van der Waals surface area (Å²) in [7, 11) is 1.71. The monoisotopic (exact) mass is 536 g/mol. The number of nitrogens with two attached hydrogens (primary N) is 1. The van der Waals surface area contributed by atoms with Gasteiger partial charge in [-0.2, -0.15) is 0 Å². The maximum atomic E-state index is 13.6. The summed E-state index contributed by atoms with van der Waals surface area (Å²) < 4.78 is 15.3. The maximum absolute atomic E-state index is 13.6. The minimum atomic E-state index is -0.353. The third-order valence-electron chi connectivity index (χ3n) is 6.93. The fourth-order valence-electron chi connectivity index (χ4n) is 4.90. The van der Waals surface area contributed by atoms with Crippen LogP contribution in [-0.2, 0) is 23.2 Å². The molecule has 2 aliphatic heterocycles. The first kappa shape index (κ1) is 25.2. The average molecular weight is 537 g/mol. The molecule has 2 aliphatic rings. The standard InChI is InChI=1S/C27H25FN4O3S2/c1-30-21-5-3-2-4-19(21)23(31-12-10-17(11-13-31)24(29)33)20(25(30)34)14-22-26(35)32(27(36)37-22)15-16-6-8-18(28)9-7-16/h2-9,14,17H,10-13,15H2,1H3,(H2,29,33). The van der Waals surface area contributed by atoms with E-state index in [4.69, 9.17) is 18.0 Å². The number of aryl methyl sites for hydroxylation is 1.